The van der Waals surface area contributed by atoms with Gasteiger partial charge in [0, 0.05) is 18.0 Å². The first-order valence-corrected chi connectivity index (χ1v) is 6.46. The number of aromatic nitrogens is 1. The molecule has 2 heterocycles. The van der Waals surface area contributed by atoms with Crippen LogP contribution in [0.15, 0.2) is 41.8 Å². The van der Waals surface area contributed by atoms with E-state index in [2.05, 4.69) is 15.5 Å². The number of pyridine rings is 1. The summed E-state index contributed by atoms with van der Waals surface area (Å²) in [6.45, 7) is 0.00582. The van der Waals surface area contributed by atoms with Gasteiger partial charge in [-0.15, -0.1) is 0 Å². The Morgan fingerprint density at radius 1 is 1.30 bits per heavy atom. The van der Waals surface area contributed by atoms with Crippen molar-refractivity contribution in [2.24, 2.45) is 5.10 Å². The first-order chi connectivity index (χ1) is 11.1. The fourth-order valence-corrected chi connectivity index (χ4v) is 1.94. The zero-order valence-corrected chi connectivity index (χ0v) is 11.6. The number of nitro benzene ring substituents is 1. The van der Waals surface area contributed by atoms with Crippen molar-refractivity contribution in [3.63, 3.8) is 0 Å². The predicted octanol–water partition coefficient (Wildman–Crippen LogP) is 1.48. The van der Waals surface area contributed by atoms with Gasteiger partial charge in [0.2, 0.25) is 6.79 Å². The standard InChI is InChI=1S/C14H10N4O5/c19-14(9-1-3-15-4-2-9)17-16-7-10-5-12-13(23-8-22-12)6-11(10)18(20)21/h1-7H,8H2,(H,17,19)/b16-7+. The van der Waals surface area contributed by atoms with E-state index in [-0.39, 0.29) is 18.0 Å². The molecular formula is C14H10N4O5. The average Bonchev–Trinajstić information content (AvgIpc) is 3.02. The highest BCUT2D eigenvalue weighted by atomic mass is 16.7. The summed E-state index contributed by atoms with van der Waals surface area (Å²) < 4.78 is 10.3. The van der Waals surface area contributed by atoms with Crippen LogP contribution in [0.4, 0.5) is 5.69 Å². The molecule has 2 aromatic rings. The molecule has 9 heteroatoms. The van der Waals surface area contributed by atoms with E-state index >= 15 is 0 Å². The maximum atomic E-state index is 11.8. The quantitative estimate of drug-likeness (QED) is 0.519. The second-order valence-electron chi connectivity index (χ2n) is 4.46. The number of carbonyl (C=O) groups excluding carboxylic acids is 1. The number of hydrogen-bond donors (Lipinski definition) is 1. The summed E-state index contributed by atoms with van der Waals surface area (Å²) in [6.07, 6.45) is 4.13. The number of nitro groups is 1. The van der Waals surface area contributed by atoms with Crippen molar-refractivity contribution in [2.75, 3.05) is 6.79 Å². The van der Waals surface area contributed by atoms with Crippen molar-refractivity contribution in [2.45, 2.75) is 0 Å². The predicted molar refractivity (Wildman–Crippen MR) is 78.5 cm³/mol. The minimum Gasteiger partial charge on any atom is -0.454 e. The molecule has 0 unspecified atom stereocenters. The van der Waals surface area contributed by atoms with Crippen molar-refractivity contribution in [1.29, 1.82) is 0 Å². The van der Waals surface area contributed by atoms with E-state index in [1.807, 2.05) is 0 Å². The van der Waals surface area contributed by atoms with Crippen molar-refractivity contribution < 1.29 is 19.2 Å². The number of hydrogen-bond acceptors (Lipinski definition) is 7. The summed E-state index contributed by atoms with van der Waals surface area (Å²) >= 11 is 0. The molecule has 0 bridgehead atoms. The van der Waals surface area contributed by atoms with Gasteiger partial charge in [0.25, 0.3) is 11.6 Å². The number of ether oxygens (including phenoxy) is 2. The molecule has 1 N–H and O–H groups in total. The molecule has 1 aliphatic heterocycles. The minimum atomic E-state index is -0.562. The fraction of sp³-hybridized carbons (Fsp3) is 0.0714. The lowest BCUT2D eigenvalue weighted by molar-refractivity contribution is -0.385. The zero-order valence-electron chi connectivity index (χ0n) is 11.6. The highest BCUT2D eigenvalue weighted by molar-refractivity contribution is 5.95. The van der Waals surface area contributed by atoms with Crippen LogP contribution in [-0.4, -0.2) is 28.8 Å². The molecular weight excluding hydrogens is 304 g/mol. The Hall–Kier alpha value is -3.49. The number of nitrogens with zero attached hydrogens (tertiary/aromatic N) is 3. The second kappa shape index (κ2) is 6.10. The van der Waals surface area contributed by atoms with Gasteiger partial charge in [-0.05, 0) is 18.2 Å². The van der Waals surface area contributed by atoms with Gasteiger partial charge in [-0.1, -0.05) is 0 Å². The lowest BCUT2D eigenvalue weighted by atomic mass is 10.1. The van der Waals surface area contributed by atoms with Crippen molar-refractivity contribution in [3.8, 4) is 11.5 Å². The smallest absolute Gasteiger partial charge is 0.282 e. The van der Waals surface area contributed by atoms with E-state index in [0.29, 0.717) is 17.1 Å². The molecule has 1 amide bonds. The molecule has 0 atom stereocenters. The first-order valence-electron chi connectivity index (χ1n) is 6.46. The third-order valence-electron chi connectivity index (χ3n) is 3.03. The van der Waals surface area contributed by atoms with E-state index in [0.717, 1.165) is 0 Å². The summed E-state index contributed by atoms with van der Waals surface area (Å²) in [5.74, 6) is 0.235. The van der Waals surface area contributed by atoms with E-state index in [4.69, 9.17) is 9.47 Å². The van der Waals surface area contributed by atoms with Crippen molar-refractivity contribution in [3.05, 3.63) is 57.9 Å². The van der Waals surface area contributed by atoms with Crippen molar-refractivity contribution in [1.82, 2.24) is 10.4 Å². The van der Waals surface area contributed by atoms with Gasteiger partial charge in [0.05, 0.1) is 22.8 Å². The van der Waals surface area contributed by atoms with E-state index in [9.17, 15) is 14.9 Å². The lowest BCUT2D eigenvalue weighted by Crippen LogP contribution is -2.17. The highest BCUT2D eigenvalue weighted by Gasteiger charge is 2.22. The number of carbonyl (C=O) groups is 1. The molecule has 0 spiro atoms. The molecule has 0 fully saturated rings. The average molecular weight is 314 g/mol. The van der Waals surface area contributed by atoms with Gasteiger partial charge in [0.15, 0.2) is 11.5 Å². The molecule has 1 aromatic carbocycles. The van der Waals surface area contributed by atoms with Crippen LogP contribution in [0.1, 0.15) is 15.9 Å². The summed E-state index contributed by atoms with van der Waals surface area (Å²) in [5.41, 5.74) is 2.65. The Labute approximate surface area is 129 Å². The normalized spacial score (nSPS) is 12.3. The molecule has 0 radical (unpaired) electrons. The number of hydrazone groups is 1. The second-order valence-corrected chi connectivity index (χ2v) is 4.46. The van der Waals surface area contributed by atoms with Crippen LogP contribution in [0, 0.1) is 10.1 Å². The Kier molecular flexibility index (Phi) is 3.83. The lowest BCUT2D eigenvalue weighted by Gasteiger charge is -2.01. The van der Waals surface area contributed by atoms with Gasteiger partial charge in [-0.2, -0.15) is 5.10 Å². The number of rotatable bonds is 4. The van der Waals surface area contributed by atoms with Crippen LogP contribution in [0.2, 0.25) is 0 Å². The van der Waals surface area contributed by atoms with Gasteiger partial charge < -0.3 is 9.47 Å². The Balaban J connectivity index is 1.79. The number of fused-ring (bicyclic) bond motifs is 1. The largest absolute Gasteiger partial charge is 0.454 e. The third kappa shape index (κ3) is 3.07. The summed E-state index contributed by atoms with van der Waals surface area (Å²) in [6, 6.07) is 5.73. The Morgan fingerprint density at radius 2 is 2.00 bits per heavy atom. The monoisotopic (exact) mass is 314 g/mol. The van der Waals surface area contributed by atoms with Crippen LogP contribution in [0.5, 0.6) is 11.5 Å². The van der Waals surface area contributed by atoms with Gasteiger partial charge in [0.1, 0.15) is 0 Å². The summed E-state index contributed by atoms with van der Waals surface area (Å²) in [7, 11) is 0. The minimum absolute atomic E-state index is 0.00582. The van der Waals surface area contributed by atoms with Crippen LogP contribution < -0.4 is 14.9 Å². The van der Waals surface area contributed by atoms with E-state index in [1.54, 1.807) is 0 Å². The Morgan fingerprint density at radius 3 is 2.70 bits per heavy atom. The van der Waals surface area contributed by atoms with Crippen LogP contribution >= 0.6 is 0 Å². The summed E-state index contributed by atoms with van der Waals surface area (Å²) in [4.78, 5) is 26.1. The van der Waals surface area contributed by atoms with Crippen molar-refractivity contribution >= 4 is 17.8 Å². The maximum Gasteiger partial charge on any atom is 0.282 e. The zero-order chi connectivity index (χ0) is 16.2. The van der Waals surface area contributed by atoms with Gasteiger partial charge in [-0.3, -0.25) is 19.9 Å². The maximum absolute atomic E-state index is 11.8. The van der Waals surface area contributed by atoms with Crippen LogP contribution in [0.25, 0.3) is 0 Å². The molecule has 0 aliphatic carbocycles. The summed E-state index contributed by atoms with van der Waals surface area (Å²) in [5, 5.41) is 14.8. The molecule has 1 aliphatic rings. The fourth-order valence-electron chi connectivity index (χ4n) is 1.94. The molecule has 3 rings (SSSR count). The molecule has 0 saturated heterocycles. The number of amides is 1. The van der Waals surface area contributed by atoms with Gasteiger partial charge >= 0.3 is 0 Å². The topological polar surface area (TPSA) is 116 Å². The molecule has 1 aromatic heterocycles. The molecule has 9 nitrogen and oxygen atoms in total. The number of benzene rings is 1. The van der Waals surface area contributed by atoms with E-state index in [1.165, 1.54) is 42.9 Å². The van der Waals surface area contributed by atoms with Gasteiger partial charge in [-0.25, -0.2) is 5.43 Å². The first kappa shape index (κ1) is 14.4. The van der Waals surface area contributed by atoms with Crippen LogP contribution in [-0.2, 0) is 0 Å². The molecule has 23 heavy (non-hydrogen) atoms. The third-order valence-corrected chi connectivity index (χ3v) is 3.03. The van der Waals surface area contributed by atoms with Crippen LogP contribution in [0.3, 0.4) is 0 Å². The number of nitrogens with one attached hydrogen (secondary N) is 1. The molecule has 0 saturated carbocycles. The SMILES string of the molecule is O=C(N/N=C/c1cc2c(cc1[N+](=O)[O-])OCO2)c1ccncc1. The molecule has 116 valence electrons. The highest BCUT2D eigenvalue weighted by Crippen LogP contribution is 2.37. The van der Waals surface area contributed by atoms with E-state index < -0.39 is 10.8 Å². The Bertz CT molecular complexity index is 791.